The van der Waals surface area contributed by atoms with Crippen LogP contribution in [0.15, 0.2) is 42.5 Å². The summed E-state index contributed by atoms with van der Waals surface area (Å²) in [4.78, 5) is 12.5. The molecule has 0 bridgehead atoms. The third-order valence-corrected chi connectivity index (χ3v) is 4.15. The smallest absolute Gasteiger partial charge is 0.228 e. The highest BCUT2D eigenvalue weighted by atomic mass is 19.1. The van der Waals surface area contributed by atoms with Crippen molar-refractivity contribution < 1.29 is 18.7 Å². The predicted octanol–water partition coefficient (Wildman–Crippen LogP) is 3.72. The summed E-state index contributed by atoms with van der Waals surface area (Å²) in [5.41, 5.74) is 3.24. The van der Waals surface area contributed by atoms with Crippen molar-refractivity contribution in [2.24, 2.45) is 0 Å². The van der Waals surface area contributed by atoms with Crippen molar-refractivity contribution >= 4 is 11.6 Å². The molecule has 0 saturated heterocycles. The number of amides is 1. The molecule has 0 fully saturated rings. The van der Waals surface area contributed by atoms with Gasteiger partial charge in [-0.15, -0.1) is 0 Å². The monoisotopic (exact) mass is 369 g/mol. The third kappa shape index (κ3) is 4.08. The molecule has 0 aliphatic rings. The van der Waals surface area contributed by atoms with Crippen LogP contribution in [0, 0.1) is 12.7 Å². The van der Waals surface area contributed by atoms with E-state index in [9.17, 15) is 9.18 Å². The molecule has 140 valence electrons. The van der Waals surface area contributed by atoms with E-state index in [1.807, 2.05) is 6.92 Å². The molecule has 3 rings (SSSR count). The number of halogens is 1. The number of nitrogens with one attached hydrogen (secondary N) is 2. The van der Waals surface area contributed by atoms with Gasteiger partial charge in [0.1, 0.15) is 23.0 Å². The number of aryl methyl sites for hydroxylation is 1. The van der Waals surface area contributed by atoms with Crippen LogP contribution in [0.5, 0.6) is 11.5 Å². The van der Waals surface area contributed by atoms with Crippen LogP contribution in [-0.4, -0.2) is 30.3 Å². The number of carbonyl (C=O) groups is 1. The highest BCUT2D eigenvalue weighted by Crippen LogP contribution is 2.37. The topological polar surface area (TPSA) is 76.2 Å². The van der Waals surface area contributed by atoms with Crippen molar-refractivity contribution in [3.63, 3.8) is 0 Å². The fourth-order valence-corrected chi connectivity index (χ4v) is 2.75. The first-order valence-electron chi connectivity index (χ1n) is 8.33. The van der Waals surface area contributed by atoms with Crippen molar-refractivity contribution in [1.29, 1.82) is 0 Å². The maximum absolute atomic E-state index is 13.0. The van der Waals surface area contributed by atoms with E-state index < -0.39 is 0 Å². The van der Waals surface area contributed by atoms with Gasteiger partial charge in [0.25, 0.3) is 0 Å². The third-order valence-electron chi connectivity index (χ3n) is 4.15. The molecule has 0 spiro atoms. The lowest BCUT2D eigenvalue weighted by molar-refractivity contribution is -0.115. The molecule has 0 aliphatic carbocycles. The number of methoxy groups -OCH3 is 2. The van der Waals surface area contributed by atoms with Gasteiger partial charge in [0, 0.05) is 5.56 Å². The molecule has 2 N–H and O–H groups in total. The second kappa shape index (κ2) is 7.90. The van der Waals surface area contributed by atoms with Crippen LogP contribution in [-0.2, 0) is 11.2 Å². The van der Waals surface area contributed by atoms with Gasteiger partial charge in [0.2, 0.25) is 5.91 Å². The average Bonchev–Trinajstić information content (AvgIpc) is 3.03. The zero-order valence-electron chi connectivity index (χ0n) is 15.3. The molecule has 27 heavy (non-hydrogen) atoms. The van der Waals surface area contributed by atoms with Crippen LogP contribution in [0.1, 0.15) is 11.3 Å². The van der Waals surface area contributed by atoms with Gasteiger partial charge >= 0.3 is 0 Å². The molecule has 0 radical (unpaired) electrons. The molecule has 0 atom stereocenters. The molecule has 0 aliphatic heterocycles. The number of benzene rings is 2. The Kier molecular flexibility index (Phi) is 5.40. The maximum Gasteiger partial charge on any atom is 0.228 e. The molecule has 7 heteroatoms. The SMILES string of the molecule is COc1ccc(OC)c(-c2n[nH]c(C)c2NC(=O)Cc2ccc(F)cc2)c1. The van der Waals surface area contributed by atoms with Gasteiger partial charge in [-0.3, -0.25) is 9.89 Å². The highest BCUT2D eigenvalue weighted by Gasteiger charge is 2.19. The summed E-state index contributed by atoms with van der Waals surface area (Å²) in [5, 5.41) is 10.1. The Labute approximate surface area is 156 Å². The number of hydrogen-bond donors (Lipinski definition) is 2. The van der Waals surface area contributed by atoms with E-state index in [0.717, 1.165) is 5.56 Å². The molecular weight excluding hydrogens is 349 g/mol. The van der Waals surface area contributed by atoms with Gasteiger partial charge in [-0.05, 0) is 42.8 Å². The normalized spacial score (nSPS) is 10.5. The van der Waals surface area contributed by atoms with E-state index in [-0.39, 0.29) is 18.1 Å². The van der Waals surface area contributed by atoms with Gasteiger partial charge in [-0.2, -0.15) is 5.10 Å². The molecule has 6 nitrogen and oxygen atoms in total. The quantitative estimate of drug-likeness (QED) is 0.694. The van der Waals surface area contributed by atoms with Crippen LogP contribution < -0.4 is 14.8 Å². The molecule has 1 heterocycles. The van der Waals surface area contributed by atoms with E-state index in [1.165, 1.54) is 12.1 Å². The fraction of sp³-hybridized carbons (Fsp3) is 0.200. The summed E-state index contributed by atoms with van der Waals surface area (Å²) >= 11 is 0. The first-order valence-corrected chi connectivity index (χ1v) is 8.33. The van der Waals surface area contributed by atoms with Gasteiger partial charge in [-0.25, -0.2) is 4.39 Å². The van der Waals surface area contributed by atoms with E-state index in [4.69, 9.17) is 9.47 Å². The summed E-state index contributed by atoms with van der Waals surface area (Å²) in [6, 6.07) is 11.2. The number of anilines is 1. The predicted molar refractivity (Wildman–Crippen MR) is 101 cm³/mol. The van der Waals surface area contributed by atoms with Crippen LogP contribution in [0.4, 0.5) is 10.1 Å². The molecule has 1 amide bonds. The van der Waals surface area contributed by atoms with Gasteiger partial charge < -0.3 is 14.8 Å². The molecule has 0 saturated carbocycles. The lowest BCUT2D eigenvalue weighted by Gasteiger charge is -2.11. The first-order chi connectivity index (χ1) is 13.0. The fourth-order valence-electron chi connectivity index (χ4n) is 2.75. The second-order valence-corrected chi connectivity index (χ2v) is 5.99. The summed E-state index contributed by atoms with van der Waals surface area (Å²) in [5.74, 6) is 0.692. The van der Waals surface area contributed by atoms with E-state index in [0.29, 0.717) is 34.1 Å². The molecule has 3 aromatic rings. The van der Waals surface area contributed by atoms with Crippen molar-refractivity contribution in [3.05, 3.63) is 59.5 Å². The summed E-state index contributed by atoms with van der Waals surface area (Å²) < 4.78 is 23.7. The highest BCUT2D eigenvalue weighted by molar-refractivity contribution is 5.97. The Morgan fingerprint density at radius 1 is 1.15 bits per heavy atom. The number of rotatable bonds is 6. The summed E-state index contributed by atoms with van der Waals surface area (Å²) in [7, 11) is 3.14. The van der Waals surface area contributed by atoms with E-state index >= 15 is 0 Å². The standard InChI is InChI=1S/C20H20FN3O3/c1-12-19(22-18(25)10-13-4-6-14(21)7-5-13)20(24-23-12)16-11-15(26-2)8-9-17(16)27-3/h4-9,11H,10H2,1-3H3,(H,22,25)(H,23,24). The van der Waals surface area contributed by atoms with Crippen molar-refractivity contribution in [2.75, 3.05) is 19.5 Å². The van der Waals surface area contributed by atoms with Crippen molar-refractivity contribution in [3.8, 4) is 22.8 Å². The van der Waals surface area contributed by atoms with Crippen LogP contribution in [0.2, 0.25) is 0 Å². The largest absolute Gasteiger partial charge is 0.497 e. The average molecular weight is 369 g/mol. The Morgan fingerprint density at radius 3 is 2.56 bits per heavy atom. The Morgan fingerprint density at radius 2 is 1.89 bits per heavy atom. The van der Waals surface area contributed by atoms with Gasteiger partial charge in [0.15, 0.2) is 0 Å². The molecular formula is C20H20FN3O3. The number of aromatic nitrogens is 2. The Bertz CT molecular complexity index is 952. The maximum atomic E-state index is 13.0. The van der Waals surface area contributed by atoms with Crippen molar-refractivity contribution in [2.45, 2.75) is 13.3 Å². The molecule has 1 aromatic heterocycles. The second-order valence-electron chi connectivity index (χ2n) is 5.99. The zero-order valence-corrected chi connectivity index (χ0v) is 15.3. The minimum Gasteiger partial charge on any atom is -0.497 e. The Balaban J connectivity index is 1.89. The zero-order chi connectivity index (χ0) is 19.4. The summed E-state index contributed by atoms with van der Waals surface area (Å²) in [6.07, 6.45) is 0.125. The number of H-pyrrole nitrogens is 1. The minimum absolute atomic E-state index is 0.125. The van der Waals surface area contributed by atoms with Crippen molar-refractivity contribution in [1.82, 2.24) is 10.2 Å². The van der Waals surface area contributed by atoms with E-state index in [2.05, 4.69) is 15.5 Å². The Hall–Kier alpha value is -3.35. The number of carbonyl (C=O) groups excluding carboxylic acids is 1. The molecule has 0 unspecified atom stereocenters. The van der Waals surface area contributed by atoms with Crippen LogP contribution >= 0.6 is 0 Å². The lowest BCUT2D eigenvalue weighted by Crippen LogP contribution is -2.15. The number of nitrogens with zero attached hydrogens (tertiary/aromatic N) is 1. The first kappa shape index (κ1) is 18.4. The van der Waals surface area contributed by atoms with Crippen LogP contribution in [0.25, 0.3) is 11.3 Å². The summed E-state index contributed by atoms with van der Waals surface area (Å²) in [6.45, 7) is 1.82. The number of hydrogen-bond acceptors (Lipinski definition) is 4. The number of ether oxygens (including phenoxy) is 2. The molecule has 2 aromatic carbocycles. The lowest BCUT2D eigenvalue weighted by atomic mass is 10.1. The number of aromatic amines is 1. The van der Waals surface area contributed by atoms with Gasteiger partial charge in [-0.1, -0.05) is 12.1 Å². The van der Waals surface area contributed by atoms with Crippen LogP contribution in [0.3, 0.4) is 0 Å². The minimum atomic E-state index is -0.336. The van der Waals surface area contributed by atoms with E-state index in [1.54, 1.807) is 44.6 Å². The van der Waals surface area contributed by atoms with Gasteiger partial charge in [0.05, 0.1) is 32.0 Å².